The normalized spacial score (nSPS) is 10.1. The topological polar surface area (TPSA) is 33.0 Å². The molecule has 0 saturated heterocycles. The molecule has 0 bridgehead atoms. The van der Waals surface area contributed by atoms with E-state index < -0.39 is 0 Å². The van der Waals surface area contributed by atoms with E-state index in [0.717, 1.165) is 0 Å². The minimum atomic E-state index is 0.0579. The van der Waals surface area contributed by atoms with Crippen molar-refractivity contribution in [1.82, 2.24) is 0 Å². The molecule has 0 spiro atoms. The third-order valence-electron chi connectivity index (χ3n) is 0.328. The van der Waals surface area contributed by atoms with Crippen molar-refractivity contribution in [3.05, 3.63) is 11.3 Å². The van der Waals surface area contributed by atoms with Crippen molar-refractivity contribution in [2.45, 2.75) is 0 Å². The van der Waals surface area contributed by atoms with E-state index in [4.69, 9.17) is 16.9 Å². The van der Waals surface area contributed by atoms with Crippen LogP contribution < -0.4 is 0 Å². The van der Waals surface area contributed by atoms with Crippen molar-refractivity contribution in [2.75, 3.05) is 7.11 Å². The maximum Gasteiger partial charge on any atom is 0.152 e. The number of hydrogen-bond acceptors (Lipinski definition) is 2. The first kappa shape index (κ1) is 6.32. The number of nitriles is 1. The molecule has 0 aliphatic rings. The fourth-order valence-electron chi connectivity index (χ4n) is 0.130. The fourth-order valence-corrected chi connectivity index (χ4v) is 0.219. The van der Waals surface area contributed by atoms with Crippen LogP contribution in [0.2, 0.25) is 0 Å². The van der Waals surface area contributed by atoms with E-state index in [2.05, 4.69) is 4.74 Å². The Kier molecular flexibility index (Phi) is 3.17. The standard InChI is InChI=1S/C4H4ClNO/c1-7-3-4(5)2-6/h3H,1H3/b4-3+. The SMILES string of the molecule is CO/C=C(/Cl)C#N. The van der Waals surface area contributed by atoms with Gasteiger partial charge in [-0.1, -0.05) is 11.6 Å². The van der Waals surface area contributed by atoms with Crippen LogP contribution in [0.1, 0.15) is 0 Å². The number of halogens is 1. The second-order valence-electron chi connectivity index (χ2n) is 0.813. The van der Waals surface area contributed by atoms with Crippen LogP contribution in [0.4, 0.5) is 0 Å². The average Bonchev–Trinajstić information content (AvgIpc) is 1.68. The van der Waals surface area contributed by atoms with Gasteiger partial charge in [-0.3, -0.25) is 0 Å². The first-order chi connectivity index (χ1) is 3.31. The number of hydrogen-bond donors (Lipinski definition) is 0. The molecule has 0 aromatic rings. The third kappa shape index (κ3) is 3.14. The van der Waals surface area contributed by atoms with Crippen molar-refractivity contribution >= 4 is 11.6 Å². The summed E-state index contributed by atoms with van der Waals surface area (Å²) >= 11 is 5.14. The number of ether oxygens (including phenoxy) is 1. The van der Waals surface area contributed by atoms with E-state index in [1.165, 1.54) is 13.4 Å². The molecule has 38 valence electrons. The number of methoxy groups -OCH3 is 1. The highest BCUT2D eigenvalue weighted by Gasteiger charge is 1.80. The van der Waals surface area contributed by atoms with Gasteiger partial charge in [-0.2, -0.15) is 5.26 Å². The van der Waals surface area contributed by atoms with Gasteiger partial charge in [-0.25, -0.2) is 0 Å². The molecule has 3 heteroatoms. The molecule has 0 heterocycles. The second kappa shape index (κ2) is 3.51. The molecule has 0 radical (unpaired) electrons. The van der Waals surface area contributed by atoms with Gasteiger partial charge < -0.3 is 4.74 Å². The molecule has 0 rings (SSSR count). The van der Waals surface area contributed by atoms with Gasteiger partial charge in [0.1, 0.15) is 12.3 Å². The highest BCUT2D eigenvalue weighted by molar-refractivity contribution is 6.31. The zero-order valence-electron chi connectivity index (χ0n) is 3.81. The van der Waals surface area contributed by atoms with Gasteiger partial charge in [-0.15, -0.1) is 0 Å². The predicted molar refractivity (Wildman–Crippen MR) is 26.6 cm³/mol. The molecule has 0 aromatic heterocycles. The fraction of sp³-hybridized carbons (Fsp3) is 0.250. The smallest absolute Gasteiger partial charge is 0.152 e. The van der Waals surface area contributed by atoms with Crippen LogP contribution in [-0.4, -0.2) is 7.11 Å². The molecule has 0 aromatic carbocycles. The highest BCUT2D eigenvalue weighted by Crippen LogP contribution is 1.95. The first-order valence-electron chi connectivity index (χ1n) is 1.60. The molecule has 7 heavy (non-hydrogen) atoms. The number of allylic oxidation sites excluding steroid dienone is 1. The van der Waals surface area contributed by atoms with Crippen LogP contribution in [0.15, 0.2) is 11.3 Å². The zero-order chi connectivity index (χ0) is 5.70. The summed E-state index contributed by atoms with van der Waals surface area (Å²) < 4.78 is 4.38. The molecule has 0 unspecified atom stereocenters. The molecule has 0 aliphatic heterocycles. The van der Waals surface area contributed by atoms with E-state index >= 15 is 0 Å². The predicted octanol–water partition coefficient (Wildman–Crippen LogP) is 1.24. The van der Waals surface area contributed by atoms with E-state index in [0.29, 0.717) is 0 Å². The Morgan fingerprint density at radius 2 is 2.57 bits per heavy atom. The van der Waals surface area contributed by atoms with Crippen molar-refractivity contribution < 1.29 is 4.74 Å². The van der Waals surface area contributed by atoms with Gasteiger partial charge in [0.05, 0.1) is 7.11 Å². The molecular weight excluding hydrogens is 114 g/mol. The molecule has 0 N–H and O–H groups in total. The van der Waals surface area contributed by atoms with Gasteiger partial charge in [0.25, 0.3) is 0 Å². The van der Waals surface area contributed by atoms with E-state index in [1.807, 2.05) is 0 Å². The summed E-state index contributed by atoms with van der Waals surface area (Å²) in [4.78, 5) is 0. The Hall–Kier alpha value is -0.680. The van der Waals surface area contributed by atoms with Crippen LogP contribution in [0.5, 0.6) is 0 Å². The Morgan fingerprint density at radius 1 is 2.00 bits per heavy atom. The lowest BCUT2D eigenvalue weighted by atomic mass is 10.7. The molecule has 0 aliphatic carbocycles. The molecule has 0 saturated carbocycles. The summed E-state index contributed by atoms with van der Waals surface area (Å²) in [5, 5.41) is 7.99. The summed E-state index contributed by atoms with van der Waals surface area (Å²) in [5.41, 5.74) is 0. The van der Waals surface area contributed by atoms with Crippen LogP contribution in [0.3, 0.4) is 0 Å². The first-order valence-corrected chi connectivity index (χ1v) is 1.97. The molecule has 0 amide bonds. The Morgan fingerprint density at radius 3 is 2.71 bits per heavy atom. The number of rotatable bonds is 1. The van der Waals surface area contributed by atoms with Gasteiger partial charge in [0.2, 0.25) is 0 Å². The van der Waals surface area contributed by atoms with Crippen LogP contribution in [-0.2, 0) is 4.74 Å². The second-order valence-corrected chi connectivity index (χ2v) is 1.22. The Labute approximate surface area is 47.0 Å². The van der Waals surface area contributed by atoms with Crippen molar-refractivity contribution in [3.63, 3.8) is 0 Å². The summed E-state index contributed by atoms with van der Waals surface area (Å²) in [6.45, 7) is 0. The van der Waals surface area contributed by atoms with Gasteiger partial charge in [0, 0.05) is 0 Å². The summed E-state index contributed by atoms with van der Waals surface area (Å²) in [6.07, 6.45) is 1.17. The summed E-state index contributed by atoms with van der Waals surface area (Å²) in [7, 11) is 1.43. The zero-order valence-corrected chi connectivity index (χ0v) is 4.57. The maximum absolute atomic E-state index is 7.94. The van der Waals surface area contributed by atoms with Crippen molar-refractivity contribution in [2.24, 2.45) is 0 Å². The van der Waals surface area contributed by atoms with E-state index in [1.54, 1.807) is 6.07 Å². The number of nitrogens with zero attached hydrogens (tertiary/aromatic N) is 1. The van der Waals surface area contributed by atoms with Crippen molar-refractivity contribution in [3.8, 4) is 6.07 Å². The van der Waals surface area contributed by atoms with Gasteiger partial charge >= 0.3 is 0 Å². The monoisotopic (exact) mass is 117 g/mol. The summed E-state index contributed by atoms with van der Waals surface area (Å²) in [6, 6.07) is 1.67. The van der Waals surface area contributed by atoms with Gasteiger partial charge in [-0.05, 0) is 0 Å². The van der Waals surface area contributed by atoms with Crippen LogP contribution in [0.25, 0.3) is 0 Å². The average molecular weight is 118 g/mol. The van der Waals surface area contributed by atoms with E-state index in [-0.39, 0.29) is 5.03 Å². The quantitative estimate of drug-likeness (QED) is 0.382. The maximum atomic E-state index is 7.94. The lowest BCUT2D eigenvalue weighted by molar-refractivity contribution is 0.337. The van der Waals surface area contributed by atoms with E-state index in [9.17, 15) is 0 Å². The lowest BCUT2D eigenvalue weighted by Gasteiger charge is -1.81. The highest BCUT2D eigenvalue weighted by atomic mass is 35.5. The van der Waals surface area contributed by atoms with Crippen LogP contribution >= 0.6 is 11.6 Å². The lowest BCUT2D eigenvalue weighted by Crippen LogP contribution is -1.66. The minimum Gasteiger partial charge on any atom is -0.502 e. The Bertz CT molecular complexity index is 113. The molecular formula is C4H4ClNO. The van der Waals surface area contributed by atoms with Crippen LogP contribution in [0, 0.1) is 11.3 Å². The van der Waals surface area contributed by atoms with Gasteiger partial charge in [0.15, 0.2) is 5.03 Å². The third-order valence-corrected chi connectivity index (χ3v) is 0.502. The van der Waals surface area contributed by atoms with Crippen molar-refractivity contribution in [1.29, 1.82) is 5.26 Å². The largest absolute Gasteiger partial charge is 0.502 e. The molecule has 0 atom stereocenters. The summed E-state index contributed by atoms with van der Waals surface area (Å²) in [5.74, 6) is 0. The minimum absolute atomic E-state index is 0.0579. The molecule has 0 fully saturated rings. The Balaban J connectivity index is 3.57. The molecule has 2 nitrogen and oxygen atoms in total.